The number of ether oxygens (including phenoxy) is 1. The largest absolute Gasteiger partial charge is 0.497 e. The summed E-state index contributed by atoms with van der Waals surface area (Å²) in [5.74, 6) is 0.666. The molecule has 4 rings (SSSR count). The topological polar surface area (TPSA) is 73.2 Å². The zero-order valence-electron chi connectivity index (χ0n) is 17.3. The molecule has 2 aromatic heterocycles. The first-order valence-electron chi connectivity index (χ1n) is 9.61. The van der Waals surface area contributed by atoms with Gasteiger partial charge in [-0.1, -0.05) is 23.9 Å². The van der Waals surface area contributed by atoms with Gasteiger partial charge in [0.1, 0.15) is 10.4 Å². The number of aryl methyl sites for hydroxylation is 1. The van der Waals surface area contributed by atoms with Crippen molar-refractivity contribution in [2.75, 3.05) is 18.2 Å². The number of fused-ring (bicyclic) bond motifs is 1. The molecule has 0 aliphatic heterocycles. The van der Waals surface area contributed by atoms with Crippen LogP contribution in [0.25, 0.3) is 15.9 Å². The Morgan fingerprint density at radius 2 is 1.94 bits per heavy atom. The molecule has 0 atom stereocenters. The predicted molar refractivity (Wildman–Crippen MR) is 127 cm³/mol. The Morgan fingerprint density at radius 3 is 2.68 bits per heavy atom. The molecule has 0 saturated heterocycles. The minimum absolute atomic E-state index is 0.119. The van der Waals surface area contributed by atoms with E-state index in [-0.39, 0.29) is 17.2 Å². The highest BCUT2D eigenvalue weighted by molar-refractivity contribution is 7.99. The molecule has 6 nitrogen and oxygen atoms in total. The number of benzene rings is 2. The highest BCUT2D eigenvalue weighted by Gasteiger charge is 2.17. The first-order chi connectivity index (χ1) is 15.0. The molecule has 0 fully saturated rings. The molecule has 31 heavy (non-hydrogen) atoms. The average Bonchev–Trinajstić information content (AvgIpc) is 3.24. The van der Waals surface area contributed by atoms with E-state index >= 15 is 0 Å². The second-order valence-electron chi connectivity index (χ2n) is 6.95. The third-order valence-electron chi connectivity index (χ3n) is 4.97. The molecule has 0 aliphatic rings. The van der Waals surface area contributed by atoms with Crippen molar-refractivity contribution in [3.8, 4) is 11.4 Å². The van der Waals surface area contributed by atoms with Crippen LogP contribution in [0.2, 0.25) is 0 Å². The first-order valence-corrected chi connectivity index (χ1v) is 11.5. The molecule has 0 saturated carbocycles. The second-order valence-corrected chi connectivity index (χ2v) is 8.81. The van der Waals surface area contributed by atoms with Gasteiger partial charge in [0.05, 0.1) is 24.1 Å². The zero-order valence-corrected chi connectivity index (χ0v) is 19.0. The van der Waals surface area contributed by atoms with Crippen LogP contribution in [0.4, 0.5) is 5.69 Å². The molecule has 4 aromatic rings. The van der Waals surface area contributed by atoms with Crippen LogP contribution in [0.3, 0.4) is 0 Å². The van der Waals surface area contributed by atoms with E-state index in [0.29, 0.717) is 21.1 Å². The van der Waals surface area contributed by atoms with Crippen molar-refractivity contribution in [2.24, 2.45) is 0 Å². The Kier molecular flexibility index (Phi) is 6.11. The quantitative estimate of drug-likeness (QED) is 0.337. The van der Waals surface area contributed by atoms with Gasteiger partial charge in [0.2, 0.25) is 5.91 Å². The molecule has 0 unspecified atom stereocenters. The summed E-state index contributed by atoms with van der Waals surface area (Å²) in [6, 6.07) is 14.8. The number of hydrogen-bond donors (Lipinski definition) is 1. The number of hydrogen-bond acceptors (Lipinski definition) is 6. The Labute approximate surface area is 187 Å². The summed E-state index contributed by atoms with van der Waals surface area (Å²) >= 11 is 2.62. The Bertz CT molecular complexity index is 1310. The van der Waals surface area contributed by atoms with Gasteiger partial charge in [-0.3, -0.25) is 14.2 Å². The maximum absolute atomic E-state index is 13.3. The second kappa shape index (κ2) is 8.95. The summed E-state index contributed by atoms with van der Waals surface area (Å²) in [5.41, 5.74) is 4.09. The van der Waals surface area contributed by atoms with Crippen molar-refractivity contribution in [3.63, 3.8) is 0 Å². The summed E-state index contributed by atoms with van der Waals surface area (Å²) in [5, 5.41) is 5.21. The highest BCUT2D eigenvalue weighted by atomic mass is 32.2. The van der Waals surface area contributed by atoms with E-state index < -0.39 is 0 Å². The minimum Gasteiger partial charge on any atom is -0.497 e. The van der Waals surface area contributed by atoms with Gasteiger partial charge in [0.15, 0.2) is 5.16 Å². The van der Waals surface area contributed by atoms with Crippen LogP contribution in [-0.2, 0) is 4.79 Å². The van der Waals surface area contributed by atoms with E-state index in [0.717, 1.165) is 22.6 Å². The summed E-state index contributed by atoms with van der Waals surface area (Å²) in [7, 11) is 1.59. The lowest BCUT2D eigenvalue weighted by Gasteiger charge is -2.15. The monoisotopic (exact) mass is 451 g/mol. The number of amides is 1. The molecule has 0 bridgehead atoms. The number of aromatic nitrogens is 2. The molecular formula is C23H21N3O3S2. The minimum atomic E-state index is -0.178. The van der Waals surface area contributed by atoms with Crippen LogP contribution in [0.15, 0.2) is 63.9 Å². The Balaban J connectivity index is 1.64. The molecular weight excluding hydrogens is 430 g/mol. The fourth-order valence-electron chi connectivity index (χ4n) is 3.18. The standard InChI is InChI=1S/C23H21N3O3S2/c1-14-5-4-6-19(15(14)2)26-22(28)21-18(11-12-30-21)25-23(26)31-13-20(27)24-16-7-9-17(29-3)10-8-16/h4-12H,13H2,1-3H3,(H,24,27). The molecule has 1 amide bonds. The SMILES string of the molecule is COc1ccc(NC(=O)CSc2nc3ccsc3c(=O)n2-c2cccc(C)c2C)cc1. The number of nitrogens with one attached hydrogen (secondary N) is 1. The summed E-state index contributed by atoms with van der Waals surface area (Å²) in [6.45, 7) is 4.00. The predicted octanol–water partition coefficient (Wildman–Crippen LogP) is 4.80. The molecule has 8 heteroatoms. The first kappa shape index (κ1) is 21.1. The van der Waals surface area contributed by atoms with Crippen LogP contribution in [-0.4, -0.2) is 28.3 Å². The highest BCUT2D eigenvalue weighted by Crippen LogP contribution is 2.26. The number of thiophene rings is 1. The summed E-state index contributed by atoms with van der Waals surface area (Å²) in [6.07, 6.45) is 0. The Hall–Kier alpha value is -3.10. The van der Waals surface area contributed by atoms with Crippen LogP contribution in [0, 0.1) is 13.8 Å². The van der Waals surface area contributed by atoms with Crippen molar-refractivity contribution in [1.29, 1.82) is 0 Å². The van der Waals surface area contributed by atoms with Gasteiger partial charge in [0.25, 0.3) is 5.56 Å². The van der Waals surface area contributed by atoms with Crippen molar-refractivity contribution in [3.05, 3.63) is 75.4 Å². The molecule has 2 aromatic carbocycles. The normalized spacial score (nSPS) is 10.9. The van der Waals surface area contributed by atoms with Gasteiger partial charge in [-0.05, 0) is 66.8 Å². The fourth-order valence-corrected chi connectivity index (χ4v) is 4.75. The number of thioether (sulfide) groups is 1. The van der Waals surface area contributed by atoms with E-state index in [4.69, 9.17) is 4.74 Å². The van der Waals surface area contributed by atoms with Crippen molar-refractivity contribution in [2.45, 2.75) is 19.0 Å². The maximum Gasteiger partial charge on any atom is 0.276 e. The molecule has 0 aliphatic carbocycles. The number of rotatable bonds is 6. The zero-order chi connectivity index (χ0) is 22.0. The van der Waals surface area contributed by atoms with Gasteiger partial charge in [-0.15, -0.1) is 11.3 Å². The number of carbonyl (C=O) groups excluding carboxylic acids is 1. The average molecular weight is 452 g/mol. The van der Waals surface area contributed by atoms with E-state index in [1.54, 1.807) is 35.9 Å². The van der Waals surface area contributed by atoms with Crippen molar-refractivity contribution in [1.82, 2.24) is 9.55 Å². The number of carbonyl (C=O) groups is 1. The fraction of sp³-hybridized carbons (Fsp3) is 0.174. The molecule has 1 N–H and O–H groups in total. The molecule has 0 radical (unpaired) electrons. The lowest BCUT2D eigenvalue weighted by molar-refractivity contribution is -0.113. The lowest BCUT2D eigenvalue weighted by atomic mass is 10.1. The third-order valence-corrected chi connectivity index (χ3v) is 6.80. The van der Waals surface area contributed by atoms with Gasteiger partial charge in [-0.25, -0.2) is 4.98 Å². The van der Waals surface area contributed by atoms with Crippen molar-refractivity contribution >= 4 is 44.9 Å². The number of anilines is 1. The molecule has 2 heterocycles. The Morgan fingerprint density at radius 1 is 1.16 bits per heavy atom. The van der Waals surface area contributed by atoms with E-state index in [9.17, 15) is 9.59 Å². The van der Waals surface area contributed by atoms with Crippen LogP contribution >= 0.6 is 23.1 Å². The summed E-state index contributed by atoms with van der Waals surface area (Å²) in [4.78, 5) is 30.5. The van der Waals surface area contributed by atoms with Crippen LogP contribution in [0.1, 0.15) is 11.1 Å². The number of methoxy groups -OCH3 is 1. The molecule has 0 spiro atoms. The molecule has 158 valence electrons. The third kappa shape index (κ3) is 4.35. The van der Waals surface area contributed by atoms with E-state index in [1.165, 1.54) is 23.1 Å². The van der Waals surface area contributed by atoms with Gasteiger partial charge >= 0.3 is 0 Å². The van der Waals surface area contributed by atoms with E-state index in [2.05, 4.69) is 10.3 Å². The van der Waals surface area contributed by atoms with E-state index in [1.807, 2.05) is 43.5 Å². The van der Waals surface area contributed by atoms with Crippen LogP contribution < -0.4 is 15.6 Å². The summed E-state index contributed by atoms with van der Waals surface area (Å²) < 4.78 is 7.36. The van der Waals surface area contributed by atoms with Gasteiger partial charge in [-0.2, -0.15) is 0 Å². The van der Waals surface area contributed by atoms with Gasteiger partial charge < -0.3 is 10.1 Å². The maximum atomic E-state index is 13.3. The smallest absolute Gasteiger partial charge is 0.276 e. The number of nitrogens with zero attached hydrogens (tertiary/aromatic N) is 2. The lowest BCUT2D eigenvalue weighted by Crippen LogP contribution is -2.23. The van der Waals surface area contributed by atoms with Gasteiger partial charge in [0, 0.05) is 5.69 Å². The van der Waals surface area contributed by atoms with Crippen molar-refractivity contribution < 1.29 is 9.53 Å². The van der Waals surface area contributed by atoms with Crippen LogP contribution in [0.5, 0.6) is 5.75 Å².